The Morgan fingerprint density at radius 1 is 1.25 bits per heavy atom. The first kappa shape index (κ1) is 13.5. The van der Waals surface area contributed by atoms with Crippen LogP contribution in [0.5, 0.6) is 0 Å². The first-order chi connectivity index (χ1) is 7.67. The van der Waals surface area contributed by atoms with Crippen LogP contribution >= 0.6 is 0 Å². The maximum Gasteiger partial charge on any atom is 0.306 e. The molecule has 94 valence electrons. The van der Waals surface area contributed by atoms with E-state index < -0.39 is 5.97 Å². The van der Waals surface area contributed by atoms with Crippen molar-refractivity contribution in [2.75, 3.05) is 19.6 Å². The van der Waals surface area contributed by atoms with Crippen LogP contribution in [-0.2, 0) is 4.79 Å². The van der Waals surface area contributed by atoms with Crippen molar-refractivity contribution in [3.05, 3.63) is 0 Å². The smallest absolute Gasteiger partial charge is 0.306 e. The molecule has 1 saturated carbocycles. The van der Waals surface area contributed by atoms with Gasteiger partial charge in [-0.2, -0.15) is 0 Å². The molecule has 0 aliphatic heterocycles. The molecule has 0 saturated heterocycles. The standard InChI is InChI=1S/C13H25NO2/c1-3-9-14(4-2)10-11-5-7-12(8-6-11)13(15)16/h11-12H,3-10H2,1-2H3,(H,15,16). The van der Waals surface area contributed by atoms with Crippen molar-refractivity contribution in [3.63, 3.8) is 0 Å². The van der Waals surface area contributed by atoms with Gasteiger partial charge in [0.25, 0.3) is 0 Å². The molecule has 1 rings (SSSR count). The number of carbonyl (C=O) groups is 1. The molecule has 1 aliphatic carbocycles. The highest BCUT2D eigenvalue weighted by atomic mass is 16.4. The first-order valence-electron chi connectivity index (χ1n) is 6.62. The van der Waals surface area contributed by atoms with Crippen LogP contribution in [0, 0.1) is 11.8 Å². The zero-order valence-electron chi connectivity index (χ0n) is 10.6. The molecule has 0 aromatic rings. The summed E-state index contributed by atoms with van der Waals surface area (Å²) in [6, 6.07) is 0. The highest BCUT2D eigenvalue weighted by Crippen LogP contribution is 2.29. The Bertz CT molecular complexity index is 210. The van der Waals surface area contributed by atoms with Crippen LogP contribution in [0.15, 0.2) is 0 Å². The van der Waals surface area contributed by atoms with Gasteiger partial charge in [-0.05, 0) is 51.1 Å². The summed E-state index contributed by atoms with van der Waals surface area (Å²) >= 11 is 0. The minimum absolute atomic E-state index is 0.0718. The Hall–Kier alpha value is -0.570. The van der Waals surface area contributed by atoms with E-state index in [4.69, 9.17) is 5.11 Å². The second-order valence-corrected chi connectivity index (χ2v) is 4.95. The van der Waals surface area contributed by atoms with Gasteiger partial charge in [0.15, 0.2) is 0 Å². The molecule has 0 heterocycles. The SMILES string of the molecule is CCCN(CC)CC1CCC(C(=O)O)CC1. The summed E-state index contributed by atoms with van der Waals surface area (Å²) in [6.45, 7) is 7.88. The molecule has 0 aromatic carbocycles. The second kappa shape index (κ2) is 6.89. The zero-order valence-corrected chi connectivity index (χ0v) is 10.6. The summed E-state index contributed by atoms with van der Waals surface area (Å²) in [5.74, 6) is 0.0546. The molecular weight excluding hydrogens is 202 g/mol. The van der Waals surface area contributed by atoms with E-state index in [-0.39, 0.29) is 5.92 Å². The second-order valence-electron chi connectivity index (χ2n) is 4.95. The van der Waals surface area contributed by atoms with Crippen molar-refractivity contribution in [1.29, 1.82) is 0 Å². The van der Waals surface area contributed by atoms with Crippen LogP contribution in [0.1, 0.15) is 46.0 Å². The Morgan fingerprint density at radius 2 is 1.88 bits per heavy atom. The molecule has 1 fully saturated rings. The third kappa shape index (κ3) is 4.12. The Kier molecular flexibility index (Phi) is 5.81. The van der Waals surface area contributed by atoms with Gasteiger partial charge in [-0.25, -0.2) is 0 Å². The maximum absolute atomic E-state index is 10.8. The van der Waals surface area contributed by atoms with Crippen molar-refractivity contribution in [3.8, 4) is 0 Å². The zero-order chi connectivity index (χ0) is 12.0. The first-order valence-corrected chi connectivity index (χ1v) is 6.62. The Morgan fingerprint density at radius 3 is 2.31 bits per heavy atom. The lowest BCUT2D eigenvalue weighted by Crippen LogP contribution is -2.33. The van der Waals surface area contributed by atoms with Crippen LogP contribution in [0.2, 0.25) is 0 Å². The normalized spacial score (nSPS) is 25.9. The van der Waals surface area contributed by atoms with Crippen molar-refractivity contribution in [2.24, 2.45) is 11.8 Å². The number of hydrogen-bond donors (Lipinski definition) is 1. The van der Waals surface area contributed by atoms with Gasteiger partial charge in [-0.1, -0.05) is 13.8 Å². The number of carboxylic acids is 1. The minimum atomic E-state index is -0.598. The lowest BCUT2D eigenvalue weighted by Gasteiger charge is -2.30. The molecule has 0 amide bonds. The van der Waals surface area contributed by atoms with Crippen molar-refractivity contribution < 1.29 is 9.90 Å². The topological polar surface area (TPSA) is 40.5 Å². The van der Waals surface area contributed by atoms with Crippen molar-refractivity contribution >= 4 is 5.97 Å². The number of carboxylic acid groups (broad SMARTS) is 1. The van der Waals surface area contributed by atoms with Gasteiger partial charge >= 0.3 is 5.97 Å². The third-order valence-electron chi connectivity index (χ3n) is 3.70. The van der Waals surface area contributed by atoms with Crippen molar-refractivity contribution in [2.45, 2.75) is 46.0 Å². The Balaban J connectivity index is 2.28. The van der Waals surface area contributed by atoms with E-state index in [1.807, 2.05) is 0 Å². The number of nitrogens with zero attached hydrogens (tertiary/aromatic N) is 1. The largest absolute Gasteiger partial charge is 0.481 e. The Labute approximate surface area is 98.8 Å². The summed E-state index contributed by atoms with van der Waals surface area (Å²) in [5.41, 5.74) is 0. The maximum atomic E-state index is 10.8. The van der Waals surface area contributed by atoms with Crippen LogP contribution < -0.4 is 0 Å². The number of hydrogen-bond acceptors (Lipinski definition) is 2. The molecule has 0 unspecified atom stereocenters. The molecule has 0 atom stereocenters. The third-order valence-corrected chi connectivity index (χ3v) is 3.70. The van der Waals surface area contributed by atoms with Gasteiger partial charge in [0.1, 0.15) is 0 Å². The van der Waals surface area contributed by atoms with Crippen LogP contribution in [0.4, 0.5) is 0 Å². The van der Waals surface area contributed by atoms with E-state index in [0.29, 0.717) is 0 Å². The summed E-state index contributed by atoms with van der Waals surface area (Å²) in [6.07, 6.45) is 5.15. The molecule has 16 heavy (non-hydrogen) atoms. The quantitative estimate of drug-likeness (QED) is 0.758. The summed E-state index contributed by atoms with van der Waals surface area (Å²) in [5, 5.41) is 8.93. The fourth-order valence-corrected chi connectivity index (χ4v) is 2.65. The predicted octanol–water partition coefficient (Wildman–Crippen LogP) is 2.61. The highest BCUT2D eigenvalue weighted by Gasteiger charge is 2.26. The fourth-order valence-electron chi connectivity index (χ4n) is 2.65. The summed E-state index contributed by atoms with van der Waals surface area (Å²) in [4.78, 5) is 13.3. The van der Waals surface area contributed by atoms with Gasteiger partial charge in [0.05, 0.1) is 5.92 Å². The van der Waals surface area contributed by atoms with E-state index in [1.165, 1.54) is 13.0 Å². The molecule has 1 aliphatic rings. The fraction of sp³-hybridized carbons (Fsp3) is 0.923. The number of rotatable bonds is 6. The van der Waals surface area contributed by atoms with Crippen molar-refractivity contribution in [1.82, 2.24) is 4.90 Å². The highest BCUT2D eigenvalue weighted by molar-refractivity contribution is 5.69. The molecule has 1 N–H and O–H groups in total. The van der Waals surface area contributed by atoms with Crippen LogP contribution in [0.3, 0.4) is 0 Å². The molecule has 3 nitrogen and oxygen atoms in total. The van der Waals surface area contributed by atoms with Gasteiger partial charge < -0.3 is 10.0 Å². The predicted molar refractivity (Wildman–Crippen MR) is 65.5 cm³/mol. The molecule has 0 bridgehead atoms. The average Bonchev–Trinajstić information content (AvgIpc) is 2.29. The van der Waals surface area contributed by atoms with Gasteiger partial charge in [-0.3, -0.25) is 4.79 Å². The van der Waals surface area contributed by atoms with Gasteiger partial charge in [0, 0.05) is 6.54 Å². The molecular formula is C13H25NO2. The minimum Gasteiger partial charge on any atom is -0.481 e. The molecule has 3 heteroatoms. The monoisotopic (exact) mass is 227 g/mol. The summed E-state index contributed by atoms with van der Waals surface area (Å²) < 4.78 is 0. The lowest BCUT2D eigenvalue weighted by atomic mass is 9.82. The van der Waals surface area contributed by atoms with E-state index >= 15 is 0 Å². The molecule has 0 radical (unpaired) electrons. The summed E-state index contributed by atoms with van der Waals surface area (Å²) in [7, 11) is 0. The lowest BCUT2D eigenvalue weighted by molar-refractivity contribution is -0.143. The average molecular weight is 227 g/mol. The van der Waals surface area contributed by atoms with E-state index in [9.17, 15) is 4.79 Å². The van der Waals surface area contributed by atoms with E-state index in [0.717, 1.165) is 44.7 Å². The number of aliphatic carboxylic acids is 1. The molecule has 0 aromatic heterocycles. The van der Waals surface area contributed by atoms with Gasteiger partial charge in [-0.15, -0.1) is 0 Å². The van der Waals surface area contributed by atoms with Crippen LogP contribution in [-0.4, -0.2) is 35.6 Å². The van der Waals surface area contributed by atoms with Gasteiger partial charge in [0.2, 0.25) is 0 Å². The van der Waals surface area contributed by atoms with E-state index in [2.05, 4.69) is 18.7 Å². The van der Waals surface area contributed by atoms with E-state index in [1.54, 1.807) is 0 Å². The van der Waals surface area contributed by atoms with Crippen LogP contribution in [0.25, 0.3) is 0 Å². The molecule has 0 spiro atoms.